The molecule has 0 saturated heterocycles. The third kappa shape index (κ3) is 4.09. The summed E-state index contributed by atoms with van der Waals surface area (Å²) in [6, 6.07) is 15.2. The summed E-state index contributed by atoms with van der Waals surface area (Å²) in [5.74, 6) is 0.709. The Labute approximate surface area is 130 Å². The van der Waals surface area contributed by atoms with Gasteiger partial charge >= 0.3 is 0 Å². The van der Waals surface area contributed by atoms with Crippen molar-refractivity contribution in [3.8, 4) is 5.75 Å². The summed E-state index contributed by atoms with van der Waals surface area (Å²) in [7, 11) is 1.55. The number of anilines is 1. The molecule has 2 N–H and O–H groups in total. The molecular formula is C18H21NO3. The van der Waals surface area contributed by atoms with Gasteiger partial charge in [-0.15, -0.1) is 0 Å². The molecule has 0 aliphatic rings. The van der Waals surface area contributed by atoms with Crippen LogP contribution in [0.15, 0.2) is 48.5 Å². The van der Waals surface area contributed by atoms with E-state index in [1.165, 1.54) is 0 Å². The lowest BCUT2D eigenvalue weighted by atomic mass is 9.97. The monoisotopic (exact) mass is 299 g/mol. The summed E-state index contributed by atoms with van der Waals surface area (Å²) in [6.45, 7) is 1.90. The summed E-state index contributed by atoms with van der Waals surface area (Å²) >= 11 is 0. The topological polar surface area (TPSA) is 58.6 Å². The molecule has 0 radical (unpaired) electrons. The fraction of sp³-hybridized carbons (Fsp3) is 0.278. The number of carbonyl (C=O) groups is 1. The van der Waals surface area contributed by atoms with Gasteiger partial charge in [0.2, 0.25) is 5.91 Å². The highest BCUT2D eigenvalue weighted by molar-refractivity contribution is 5.91. The van der Waals surface area contributed by atoms with Gasteiger partial charge in [0.05, 0.1) is 13.7 Å². The number of carbonyl (C=O) groups excluding carboxylic acids is 1. The van der Waals surface area contributed by atoms with Gasteiger partial charge in [0.15, 0.2) is 0 Å². The van der Waals surface area contributed by atoms with Crippen LogP contribution in [0.5, 0.6) is 5.75 Å². The number of hydrogen-bond donors (Lipinski definition) is 2. The van der Waals surface area contributed by atoms with E-state index in [-0.39, 0.29) is 18.4 Å². The minimum Gasteiger partial charge on any atom is -0.496 e. The summed E-state index contributed by atoms with van der Waals surface area (Å²) in [5.41, 5.74) is 2.45. The van der Waals surface area contributed by atoms with E-state index in [1.54, 1.807) is 25.3 Å². The van der Waals surface area contributed by atoms with Crippen LogP contribution in [-0.2, 0) is 11.4 Å². The lowest BCUT2D eigenvalue weighted by Gasteiger charge is -2.13. The van der Waals surface area contributed by atoms with Crippen LogP contribution in [-0.4, -0.2) is 18.1 Å². The number of aliphatic hydroxyl groups excluding tert-OH is 1. The van der Waals surface area contributed by atoms with Crippen LogP contribution in [0, 0.1) is 0 Å². The van der Waals surface area contributed by atoms with E-state index in [1.807, 2.05) is 37.3 Å². The SMILES string of the molecule is COc1ccc(NC(=O)CC(C)c2ccccc2)cc1CO. The predicted molar refractivity (Wildman–Crippen MR) is 87.0 cm³/mol. The van der Waals surface area contributed by atoms with Gasteiger partial charge in [-0.1, -0.05) is 37.3 Å². The number of aliphatic hydroxyl groups is 1. The highest BCUT2D eigenvalue weighted by Crippen LogP contribution is 2.24. The third-order valence-electron chi connectivity index (χ3n) is 3.59. The van der Waals surface area contributed by atoms with Crippen molar-refractivity contribution in [2.24, 2.45) is 0 Å². The molecule has 0 aromatic heterocycles. The first-order valence-corrected chi connectivity index (χ1v) is 7.26. The van der Waals surface area contributed by atoms with Crippen molar-refractivity contribution in [1.82, 2.24) is 0 Å². The number of benzene rings is 2. The Kier molecular flexibility index (Phi) is 5.55. The van der Waals surface area contributed by atoms with E-state index in [9.17, 15) is 9.90 Å². The standard InChI is InChI=1S/C18H21NO3/c1-13(14-6-4-3-5-7-14)10-18(21)19-16-8-9-17(22-2)15(11-16)12-20/h3-9,11,13,20H,10,12H2,1-2H3,(H,19,21). The highest BCUT2D eigenvalue weighted by Gasteiger charge is 2.12. The maximum absolute atomic E-state index is 12.1. The Balaban J connectivity index is 2.00. The van der Waals surface area contributed by atoms with Gasteiger partial charge in [-0.25, -0.2) is 0 Å². The smallest absolute Gasteiger partial charge is 0.224 e. The van der Waals surface area contributed by atoms with E-state index in [4.69, 9.17) is 4.74 Å². The van der Waals surface area contributed by atoms with Gasteiger partial charge in [0.1, 0.15) is 5.75 Å². The van der Waals surface area contributed by atoms with Crippen LogP contribution in [0.25, 0.3) is 0 Å². The quantitative estimate of drug-likeness (QED) is 0.860. The molecule has 22 heavy (non-hydrogen) atoms. The molecule has 0 spiro atoms. The Morgan fingerprint density at radius 1 is 1.23 bits per heavy atom. The number of nitrogens with one attached hydrogen (secondary N) is 1. The van der Waals surface area contributed by atoms with E-state index in [0.717, 1.165) is 5.56 Å². The molecule has 2 aromatic rings. The van der Waals surface area contributed by atoms with Crippen LogP contribution >= 0.6 is 0 Å². The number of methoxy groups -OCH3 is 1. The number of rotatable bonds is 6. The predicted octanol–water partition coefficient (Wildman–Crippen LogP) is 3.32. The molecule has 1 amide bonds. The fourth-order valence-electron chi connectivity index (χ4n) is 2.37. The number of amides is 1. The van der Waals surface area contributed by atoms with Gasteiger partial charge in [0.25, 0.3) is 0 Å². The van der Waals surface area contributed by atoms with E-state index in [0.29, 0.717) is 23.4 Å². The molecule has 1 atom stereocenters. The first kappa shape index (κ1) is 16.0. The fourth-order valence-corrected chi connectivity index (χ4v) is 2.37. The number of ether oxygens (including phenoxy) is 1. The summed E-state index contributed by atoms with van der Waals surface area (Å²) in [5, 5.41) is 12.2. The second-order valence-corrected chi connectivity index (χ2v) is 5.25. The third-order valence-corrected chi connectivity index (χ3v) is 3.59. The molecule has 1 unspecified atom stereocenters. The first-order valence-electron chi connectivity index (χ1n) is 7.26. The zero-order valence-corrected chi connectivity index (χ0v) is 12.9. The molecule has 0 aliphatic heterocycles. The van der Waals surface area contributed by atoms with E-state index < -0.39 is 0 Å². The highest BCUT2D eigenvalue weighted by atomic mass is 16.5. The molecule has 0 bridgehead atoms. The minimum atomic E-state index is -0.132. The number of hydrogen-bond acceptors (Lipinski definition) is 3. The molecule has 0 heterocycles. The lowest BCUT2D eigenvalue weighted by molar-refractivity contribution is -0.116. The van der Waals surface area contributed by atoms with Crippen LogP contribution in [0.3, 0.4) is 0 Å². The van der Waals surface area contributed by atoms with E-state index >= 15 is 0 Å². The van der Waals surface area contributed by atoms with Crippen molar-refractivity contribution in [1.29, 1.82) is 0 Å². The second-order valence-electron chi connectivity index (χ2n) is 5.25. The second kappa shape index (κ2) is 7.61. The Morgan fingerprint density at radius 2 is 1.95 bits per heavy atom. The maximum Gasteiger partial charge on any atom is 0.224 e. The molecule has 0 fully saturated rings. The molecule has 4 heteroatoms. The van der Waals surface area contributed by atoms with Gasteiger partial charge in [0, 0.05) is 17.7 Å². The van der Waals surface area contributed by atoms with Crippen molar-refractivity contribution < 1.29 is 14.6 Å². The lowest BCUT2D eigenvalue weighted by Crippen LogP contribution is -2.14. The van der Waals surface area contributed by atoms with Crippen molar-refractivity contribution in [3.63, 3.8) is 0 Å². The minimum absolute atomic E-state index is 0.0505. The van der Waals surface area contributed by atoms with Crippen molar-refractivity contribution in [2.45, 2.75) is 25.9 Å². The average molecular weight is 299 g/mol. The van der Waals surface area contributed by atoms with Crippen LogP contribution in [0.4, 0.5) is 5.69 Å². The van der Waals surface area contributed by atoms with Gasteiger partial charge < -0.3 is 15.2 Å². The van der Waals surface area contributed by atoms with Gasteiger partial charge in [-0.05, 0) is 29.7 Å². The van der Waals surface area contributed by atoms with Crippen LogP contribution < -0.4 is 10.1 Å². The Bertz CT molecular complexity index is 625. The van der Waals surface area contributed by atoms with Crippen molar-refractivity contribution in [3.05, 3.63) is 59.7 Å². The average Bonchev–Trinajstić information content (AvgIpc) is 2.55. The molecule has 2 rings (SSSR count). The molecule has 0 saturated carbocycles. The Morgan fingerprint density at radius 3 is 2.59 bits per heavy atom. The Hall–Kier alpha value is -2.33. The van der Waals surface area contributed by atoms with Crippen molar-refractivity contribution >= 4 is 11.6 Å². The molecule has 4 nitrogen and oxygen atoms in total. The summed E-state index contributed by atoms with van der Waals surface area (Å²) in [6.07, 6.45) is 0.407. The van der Waals surface area contributed by atoms with Crippen LogP contribution in [0.1, 0.15) is 30.4 Å². The van der Waals surface area contributed by atoms with Gasteiger partial charge in [-0.3, -0.25) is 4.79 Å². The summed E-state index contributed by atoms with van der Waals surface area (Å²) < 4.78 is 5.15. The van der Waals surface area contributed by atoms with Crippen LogP contribution in [0.2, 0.25) is 0 Å². The molecular weight excluding hydrogens is 278 g/mol. The zero-order chi connectivity index (χ0) is 15.9. The van der Waals surface area contributed by atoms with E-state index in [2.05, 4.69) is 5.32 Å². The summed E-state index contributed by atoms with van der Waals surface area (Å²) in [4.78, 5) is 12.1. The maximum atomic E-state index is 12.1. The largest absolute Gasteiger partial charge is 0.496 e. The first-order chi connectivity index (χ1) is 10.6. The van der Waals surface area contributed by atoms with Crippen molar-refractivity contribution in [2.75, 3.05) is 12.4 Å². The molecule has 116 valence electrons. The van der Waals surface area contributed by atoms with Gasteiger partial charge in [-0.2, -0.15) is 0 Å². The zero-order valence-electron chi connectivity index (χ0n) is 12.9. The molecule has 0 aliphatic carbocycles. The normalized spacial score (nSPS) is 11.8. The molecule has 2 aromatic carbocycles.